The summed E-state index contributed by atoms with van der Waals surface area (Å²) in [6.07, 6.45) is 1.29. The van der Waals surface area contributed by atoms with Crippen molar-refractivity contribution in [2.45, 2.75) is 10.6 Å². The fourth-order valence-corrected chi connectivity index (χ4v) is 3.43. The molecule has 18 heavy (non-hydrogen) atoms. The van der Waals surface area contributed by atoms with E-state index in [0.717, 1.165) is 4.47 Å². The summed E-state index contributed by atoms with van der Waals surface area (Å²) < 4.78 is 17.9. The van der Waals surface area contributed by atoms with Crippen molar-refractivity contribution in [1.82, 2.24) is 0 Å². The molecule has 6 heteroatoms. The molecular formula is C12H9BrO4S. The Labute approximate surface area is 114 Å². The van der Waals surface area contributed by atoms with Crippen LogP contribution in [0.3, 0.4) is 0 Å². The van der Waals surface area contributed by atoms with Crippen molar-refractivity contribution in [2.75, 3.05) is 0 Å². The van der Waals surface area contributed by atoms with Crippen LogP contribution in [-0.2, 0) is 16.6 Å². The monoisotopic (exact) mass is 328 g/mol. The fraction of sp³-hybridized carbons (Fsp3) is 0.0833. The first-order valence-corrected chi connectivity index (χ1v) is 7.13. The average Bonchev–Trinajstić information content (AvgIpc) is 2.77. The molecule has 0 saturated heterocycles. The number of furan rings is 1. The Morgan fingerprint density at radius 2 is 2.06 bits per heavy atom. The van der Waals surface area contributed by atoms with Gasteiger partial charge in [0.05, 0.1) is 27.7 Å². The van der Waals surface area contributed by atoms with Gasteiger partial charge in [0.1, 0.15) is 11.3 Å². The van der Waals surface area contributed by atoms with E-state index in [2.05, 4.69) is 15.9 Å². The maximum Gasteiger partial charge on any atom is 0.339 e. The van der Waals surface area contributed by atoms with Crippen LogP contribution < -0.4 is 0 Å². The van der Waals surface area contributed by atoms with E-state index in [1.165, 1.54) is 12.3 Å². The van der Waals surface area contributed by atoms with Gasteiger partial charge in [-0.05, 0) is 34.1 Å². The van der Waals surface area contributed by atoms with Crippen LogP contribution in [0.2, 0.25) is 0 Å². The lowest BCUT2D eigenvalue weighted by atomic mass is 10.3. The molecule has 1 atom stereocenters. The van der Waals surface area contributed by atoms with E-state index >= 15 is 0 Å². The predicted molar refractivity (Wildman–Crippen MR) is 69.9 cm³/mol. The summed E-state index contributed by atoms with van der Waals surface area (Å²) in [4.78, 5) is 11.5. The highest BCUT2D eigenvalue weighted by Gasteiger charge is 2.17. The Morgan fingerprint density at radius 3 is 2.72 bits per heavy atom. The molecule has 0 aliphatic heterocycles. The molecule has 2 rings (SSSR count). The first-order valence-electron chi connectivity index (χ1n) is 5.02. The van der Waals surface area contributed by atoms with Crippen LogP contribution in [0.15, 0.2) is 50.4 Å². The Bertz CT molecular complexity index is 606. The van der Waals surface area contributed by atoms with E-state index in [1.807, 2.05) is 6.07 Å². The molecule has 0 saturated carbocycles. The molecule has 4 nitrogen and oxygen atoms in total. The lowest BCUT2D eigenvalue weighted by Crippen LogP contribution is -2.03. The van der Waals surface area contributed by atoms with E-state index in [4.69, 9.17) is 9.52 Å². The highest BCUT2D eigenvalue weighted by Crippen LogP contribution is 2.23. The molecule has 1 aromatic heterocycles. The number of halogens is 1. The van der Waals surface area contributed by atoms with E-state index in [0.29, 0.717) is 4.90 Å². The van der Waals surface area contributed by atoms with E-state index < -0.39 is 16.8 Å². The zero-order valence-electron chi connectivity index (χ0n) is 9.13. The molecule has 1 aromatic carbocycles. The summed E-state index contributed by atoms with van der Waals surface area (Å²) in [6, 6.07) is 8.46. The molecule has 0 fully saturated rings. The van der Waals surface area contributed by atoms with Crippen molar-refractivity contribution in [1.29, 1.82) is 0 Å². The van der Waals surface area contributed by atoms with Crippen LogP contribution in [0.5, 0.6) is 0 Å². The van der Waals surface area contributed by atoms with Crippen molar-refractivity contribution >= 4 is 32.7 Å². The van der Waals surface area contributed by atoms with Crippen LogP contribution in [0.1, 0.15) is 16.1 Å². The minimum absolute atomic E-state index is 0.0389. The average molecular weight is 329 g/mol. The number of benzene rings is 1. The van der Waals surface area contributed by atoms with Crippen LogP contribution >= 0.6 is 15.9 Å². The molecule has 0 amide bonds. The predicted octanol–water partition coefficient (Wildman–Crippen LogP) is 3.05. The number of carboxylic acids is 1. The minimum Gasteiger partial charge on any atom is -0.478 e. The van der Waals surface area contributed by atoms with E-state index in [1.54, 1.807) is 18.2 Å². The van der Waals surface area contributed by atoms with Crippen molar-refractivity contribution < 1.29 is 18.5 Å². The zero-order valence-corrected chi connectivity index (χ0v) is 11.5. The van der Waals surface area contributed by atoms with Gasteiger partial charge in [-0.1, -0.05) is 12.1 Å². The second-order valence-corrected chi connectivity index (χ2v) is 5.76. The molecule has 1 unspecified atom stereocenters. The van der Waals surface area contributed by atoms with Crippen LogP contribution in [-0.4, -0.2) is 15.3 Å². The van der Waals surface area contributed by atoms with Crippen molar-refractivity contribution in [3.8, 4) is 0 Å². The zero-order chi connectivity index (χ0) is 13.1. The van der Waals surface area contributed by atoms with Crippen molar-refractivity contribution in [2.24, 2.45) is 0 Å². The van der Waals surface area contributed by atoms with E-state index in [-0.39, 0.29) is 17.1 Å². The summed E-state index contributed by atoms with van der Waals surface area (Å²) in [7, 11) is -1.36. The lowest BCUT2D eigenvalue weighted by molar-refractivity contribution is 0.0695. The molecular weight excluding hydrogens is 320 g/mol. The first-order chi connectivity index (χ1) is 8.59. The van der Waals surface area contributed by atoms with Crippen LogP contribution in [0.4, 0.5) is 0 Å². The highest BCUT2D eigenvalue weighted by atomic mass is 79.9. The number of aromatic carboxylic acids is 1. The third kappa shape index (κ3) is 2.70. The fourth-order valence-electron chi connectivity index (χ4n) is 1.47. The van der Waals surface area contributed by atoms with Gasteiger partial charge in [0.25, 0.3) is 0 Å². The summed E-state index contributed by atoms with van der Waals surface area (Å²) in [6.45, 7) is 0. The van der Waals surface area contributed by atoms with E-state index in [9.17, 15) is 9.00 Å². The smallest absolute Gasteiger partial charge is 0.339 e. The largest absolute Gasteiger partial charge is 0.478 e. The summed E-state index contributed by atoms with van der Waals surface area (Å²) in [5, 5.41) is 8.92. The summed E-state index contributed by atoms with van der Waals surface area (Å²) in [5.41, 5.74) is 0.0513. The third-order valence-corrected chi connectivity index (χ3v) is 4.64. The van der Waals surface area contributed by atoms with Gasteiger partial charge in [-0.25, -0.2) is 4.79 Å². The Hall–Kier alpha value is -1.40. The maximum absolute atomic E-state index is 12.1. The molecule has 94 valence electrons. The molecule has 0 aliphatic rings. The van der Waals surface area contributed by atoms with Gasteiger partial charge in [-0.3, -0.25) is 4.21 Å². The molecule has 0 aliphatic carbocycles. The molecule has 0 bridgehead atoms. The van der Waals surface area contributed by atoms with Crippen LogP contribution in [0.25, 0.3) is 0 Å². The SMILES string of the molecule is O=C(O)c1ccoc1CS(=O)c1ccccc1Br. The Morgan fingerprint density at radius 1 is 1.33 bits per heavy atom. The number of rotatable bonds is 4. The minimum atomic E-state index is -1.36. The Balaban J connectivity index is 2.25. The number of hydrogen-bond acceptors (Lipinski definition) is 3. The lowest BCUT2D eigenvalue weighted by Gasteiger charge is -2.03. The number of hydrogen-bond donors (Lipinski definition) is 1. The van der Waals surface area contributed by atoms with Crippen molar-refractivity contribution in [3.05, 3.63) is 52.4 Å². The van der Waals surface area contributed by atoms with Gasteiger partial charge in [0, 0.05) is 4.47 Å². The van der Waals surface area contributed by atoms with Gasteiger partial charge >= 0.3 is 5.97 Å². The molecule has 0 spiro atoms. The molecule has 1 heterocycles. The topological polar surface area (TPSA) is 67.5 Å². The summed E-state index contributed by atoms with van der Waals surface area (Å²) in [5.74, 6) is -0.823. The first kappa shape index (κ1) is 13.0. The van der Waals surface area contributed by atoms with Gasteiger partial charge in [-0.15, -0.1) is 0 Å². The molecule has 1 N–H and O–H groups in total. The highest BCUT2D eigenvalue weighted by molar-refractivity contribution is 9.10. The quantitative estimate of drug-likeness (QED) is 0.936. The second kappa shape index (κ2) is 5.49. The standard InChI is InChI=1S/C12H9BrO4S/c13-9-3-1-2-4-11(9)18(16)7-10-8(12(14)15)5-6-17-10/h1-6H,7H2,(H,14,15). The van der Waals surface area contributed by atoms with Gasteiger partial charge in [-0.2, -0.15) is 0 Å². The third-order valence-electron chi connectivity index (χ3n) is 2.32. The second-order valence-electron chi connectivity index (χ2n) is 3.48. The summed E-state index contributed by atoms with van der Waals surface area (Å²) >= 11 is 3.31. The van der Waals surface area contributed by atoms with Gasteiger partial charge in [0.2, 0.25) is 0 Å². The van der Waals surface area contributed by atoms with Crippen LogP contribution in [0, 0.1) is 0 Å². The number of carboxylic acid groups (broad SMARTS) is 1. The van der Waals surface area contributed by atoms with Gasteiger partial charge in [0.15, 0.2) is 0 Å². The maximum atomic E-state index is 12.1. The van der Waals surface area contributed by atoms with Crippen molar-refractivity contribution in [3.63, 3.8) is 0 Å². The molecule has 2 aromatic rings. The Kier molecular flexibility index (Phi) is 3.98. The normalized spacial score (nSPS) is 12.3. The molecule has 0 radical (unpaired) electrons. The number of carbonyl (C=O) groups is 1. The van der Waals surface area contributed by atoms with Gasteiger partial charge < -0.3 is 9.52 Å².